The quantitative estimate of drug-likeness (QED) is 0.708. The summed E-state index contributed by atoms with van der Waals surface area (Å²) in [7, 11) is 0. The van der Waals surface area contributed by atoms with Crippen molar-refractivity contribution in [3.63, 3.8) is 0 Å². The molecule has 2 heteroatoms. The van der Waals surface area contributed by atoms with E-state index in [0.717, 1.165) is 5.75 Å². The van der Waals surface area contributed by atoms with E-state index in [1.807, 2.05) is 36.5 Å². The van der Waals surface area contributed by atoms with E-state index in [-0.39, 0.29) is 0 Å². The smallest absolute Gasteiger partial charge is 0.123 e. The van der Waals surface area contributed by atoms with Crippen molar-refractivity contribution < 1.29 is 4.74 Å². The third-order valence-electron chi connectivity index (χ3n) is 2.96. The van der Waals surface area contributed by atoms with Crippen LogP contribution in [0.4, 0.5) is 0 Å². The van der Waals surface area contributed by atoms with Crippen LogP contribution in [-0.2, 0) is 0 Å². The molecular formula is C14H19NO. The van der Waals surface area contributed by atoms with Gasteiger partial charge in [0, 0.05) is 12.3 Å². The van der Waals surface area contributed by atoms with Gasteiger partial charge < -0.3 is 4.74 Å². The monoisotopic (exact) mass is 217 g/mol. The largest absolute Gasteiger partial charge is 0.488 e. The molecule has 1 fully saturated rings. The van der Waals surface area contributed by atoms with Gasteiger partial charge in [-0.2, -0.15) is 0 Å². The molecule has 1 aromatic rings. The number of benzene rings is 1. The molecule has 0 radical (unpaired) electrons. The third-order valence-corrected chi connectivity index (χ3v) is 2.96. The molecule has 0 spiro atoms. The van der Waals surface area contributed by atoms with Gasteiger partial charge in [-0.25, -0.2) is 0 Å². The van der Waals surface area contributed by atoms with Crippen molar-refractivity contribution >= 4 is 6.21 Å². The lowest BCUT2D eigenvalue weighted by Crippen LogP contribution is -2.11. The highest BCUT2D eigenvalue weighted by atomic mass is 16.5. The van der Waals surface area contributed by atoms with Crippen LogP contribution in [0, 0.1) is 0 Å². The number of rotatable bonds is 4. The van der Waals surface area contributed by atoms with E-state index in [1.54, 1.807) is 0 Å². The van der Waals surface area contributed by atoms with E-state index >= 15 is 0 Å². The Morgan fingerprint density at radius 1 is 1.12 bits per heavy atom. The summed E-state index contributed by atoms with van der Waals surface area (Å²) in [6.07, 6.45) is 8.47. The lowest BCUT2D eigenvalue weighted by atomic mass is 9.96. The fourth-order valence-corrected chi connectivity index (χ4v) is 2.07. The van der Waals surface area contributed by atoms with Crippen molar-refractivity contribution in [1.29, 1.82) is 0 Å². The maximum absolute atomic E-state index is 5.55. The molecular weight excluding hydrogens is 198 g/mol. The lowest BCUT2D eigenvalue weighted by Gasteiger charge is -2.17. The minimum Gasteiger partial charge on any atom is -0.488 e. The summed E-state index contributed by atoms with van der Waals surface area (Å²) in [4.78, 5) is 4.55. The van der Waals surface area contributed by atoms with Gasteiger partial charge in [0.15, 0.2) is 0 Å². The molecule has 1 aliphatic carbocycles. The van der Waals surface area contributed by atoms with Gasteiger partial charge in [0.1, 0.15) is 12.4 Å². The number of ether oxygens (including phenoxy) is 1. The second kappa shape index (κ2) is 6.31. The van der Waals surface area contributed by atoms with E-state index in [9.17, 15) is 0 Å². The highest BCUT2D eigenvalue weighted by molar-refractivity contribution is 5.59. The summed E-state index contributed by atoms with van der Waals surface area (Å²) in [6, 6.07) is 10.4. The Hall–Kier alpha value is -1.31. The predicted molar refractivity (Wildman–Crippen MR) is 67.3 cm³/mol. The Morgan fingerprint density at radius 3 is 2.62 bits per heavy atom. The molecule has 0 unspecified atom stereocenters. The fraction of sp³-hybridized carbons (Fsp3) is 0.500. The zero-order valence-corrected chi connectivity index (χ0v) is 9.64. The zero-order chi connectivity index (χ0) is 11.1. The fourth-order valence-electron chi connectivity index (χ4n) is 2.07. The van der Waals surface area contributed by atoms with E-state index in [2.05, 4.69) is 4.99 Å². The van der Waals surface area contributed by atoms with Gasteiger partial charge in [-0.05, 0) is 25.0 Å². The van der Waals surface area contributed by atoms with Gasteiger partial charge >= 0.3 is 0 Å². The molecule has 0 aromatic heterocycles. The number of hydrogen-bond donors (Lipinski definition) is 0. The lowest BCUT2D eigenvalue weighted by molar-refractivity contribution is 0.377. The number of nitrogens with zero attached hydrogens (tertiary/aromatic N) is 1. The first-order valence-corrected chi connectivity index (χ1v) is 6.14. The number of para-hydroxylation sites is 1. The van der Waals surface area contributed by atoms with Crippen molar-refractivity contribution in [3.05, 3.63) is 30.3 Å². The molecule has 1 aromatic carbocycles. The van der Waals surface area contributed by atoms with E-state index in [1.165, 1.54) is 32.1 Å². The van der Waals surface area contributed by atoms with Crippen molar-refractivity contribution in [2.75, 3.05) is 6.61 Å². The molecule has 86 valence electrons. The van der Waals surface area contributed by atoms with Crippen LogP contribution in [-0.4, -0.2) is 18.9 Å². The normalized spacial score (nSPS) is 17.8. The Kier molecular flexibility index (Phi) is 4.41. The summed E-state index contributed by atoms with van der Waals surface area (Å²) >= 11 is 0. The molecule has 16 heavy (non-hydrogen) atoms. The molecule has 0 heterocycles. The van der Waals surface area contributed by atoms with E-state index < -0.39 is 0 Å². The summed E-state index contributed by atoms with van der Waals surface area (Å²) in [5, 5.41) is 0. The zero-order valence-electron chi connectivity index (χ0n) is 9.64. The van der Waals surface area contributed by atoms with Crippen molar-refractivity contribution in [2.45, 2.75) is 38.1 Å². The standard InChI is InChI=1S/C14H19NO/c1-3-7-13(8-4-1)15-11-12-16-14-9-5-2-6-10-14/h2,5-6,9-11,13H,1,3-4,7-8,12H2. The summed E-state index contributed by atoms with van der Waals surface area (Å²) < 4.78 is 5.55. The highest BCUT2D eigenvalue weighted by Crippen LogP contribution is 2.19. The minimum absolute atomic E-state index is 0.549. The van der Waals surface area contributed by atoms with Crippen LogP contribution in [0.3, 0.4) is 0 Å². The molecule has 0 bridgehead atoms. The maximum atomic E-state index is 5.55. The van der Waals surface area contributed by atoms with Crippen LogP contribution in [0.25, 0.3) is 0 Å². The minimum atomic E-state index is 0.549. The molecule has 0 amide bonds. The van der Waals surface area contributed by atoms with Crippen LogP contribution in [0.5, 0.6) is 5.75 Å². The average Bonchev–Trinajstić information content (AvgIpc) is 2.37. The Balaban J connectivity index is 1.69. The van der Waals surface area contributed by atoms with Gasteiger partial charge in [0.2, 0.25) is 0 Å². The first-order chi connectivity index (χ1) is 7.95. The summed E-state index contributed by atoms with van der Waals surface area (Å²) in [6.45, 7) is 0.584. The second-order valence-corrected chi connectivity index (χ2v) is 4.25. The highest BCUT2D eigenvalue weighted by Gasteiger charge is 2.10. The SMILES string of the molecule is C(COc1ccccc1)=NC1CCCCC1. The molecule has 2 nitrogen and oxygen atoms in total. The third kappa shape index (κ3) is 3.69. The van der Waals surface area contributed by atoms with Crippen LogP contribution >= 0.6 is 0 Å². The van der Waals surface area contributed by atoms with Crippen LogP contribution in [0.2, 0.25) is 0 Å². The molecule has 0 saturated heterocycles. The van der Waals surface area contributed by atoms with Gasteiger partial charge in [0.05, 0.1) is 0 Å². The average molecular weight is 217 g/mol. The first kappa shape index (κ1) is 11.2. The van der Waals surface area contributed by atoms with Crippen LogP contribution in [0.1, 0.15) is 32.1 Å². The molecule has 0 aliphatic heterocycles. The van der Waals surface area contributed by atoms with Gasteiger partial charge in [0.25, 0.3) is 0 Å². The van der Waals surface area contributed by atoms with Crippen molar-refractivity contribution in [2.24, 2.45) is 4.99 Å². The number of aliphatic imine (C=N–C) groups is 1. The summed E-state index contributed by atoms with van der Waals surface area (Å²) in [5.41, 5.74) is 0. The number of hydrogen-bond acceptors (Lipinski definition) is 2. The Bertz CT molecular complexity index is 315. The Labute approximate surface area is 97.4 Å². The topological polar surface area (TPSA) is 21.6 Å². The van der Waals surface area contributed by atoms with Crippen LogP contribution < -0.4 is 4.74 Å². The molecule has 1 aliphatic rings. The maximum Gasteiger partial charge on any atom is 0.123 e. The Morgan fingerprint density at radius 2 is 1.88 bits per heavy atom. The van der Waals surface area contributed by atoms with Crippen LogP contribution in [0.15, 0.2) is 35.3 Å². The molecule has 1 saturated carbocycles. The first-order valence-electron chi connectivity index (χ1n) is 6.14. The van der Waals surface area contributed by atoms with Gasteiger partial charge in [-0.15, -0.1) is 0 Å². The van der Waals surface area contributed by atoms with E-state index in [4.69, 9.17) is 4.74 Å². The molecule has 0 atom stereocenters. The van der Waals surface area contributed by atoms with Crippen molar-refractivity contribution in [1.82, 2.24) is 0 Å². The van der Waals surface area contributed by atoms with Gasteiger partial charge in [-0.1, -0.05) is 37.5 Å². The second-order valence-electron chi connectivity index (χ2n) is 4.25. The van der Waals surface area contributed by atoms with Crippen molar-refractivity contribution in [3.8, 4) is 5.75 Å². The molecule has 0 N–H and O–H groups in total. The predicted octanol–water partition coefficient (Wildman–Crippen LogP) is 3.47. The summed E-state index contributed by atoms with van der Waals surface area (Å²) in [5.74, 6) is 0.914. The molecule has 2 rings (SSSR count). The van der Waals surface area contributed by atoms with Gasteiger partial charge in [-0.3, -0.25) is 4.99 Å². The van der Waals surface area contributed by atoms with E-state index in [0.29, 0.717) is 12.6 Å².